The molecule has 1 rings (SSSR count). The van der Waals surface area contributed by atoms with Gasteiger partial charge in [0.1, 0.15) is 5.69 Å². The van der Waals surface area contributed by atoms with Crippen LogP contribution in [0.5, 0.6) is 0 Å². The van der Waals surface area contributed by atoms with Crippen LogP contribution in [0.15, 0.2) is 6.07 Å². The first-order valence-corrected chi connectivity index (χ1v) is 5.88. The molecule has 6 heteroatoms. The van der Waals surface area contributed by atoms with Gasteiger partial charge in [-0.1, -0.05) is 0 Å². The number of carbonyl (C=O) groups is 1. The van der Waals surface area contributed by atoms with Crippen molar-refractivity contribution >= 4 is 5.91 Å². The second kappa shape index (κ2) is 7.13. The lowest BCUT2D eigenvalue weighted by molar-refractivity contribution is 0.0617. The summed E-state index contributed by atoms with van der Waals surface area (Å²) >= 11 is 0. The van der Waals surface area contributed by atoms with E-state index in [1.807, 2.05) is 6.92 Å². The molecule has 0 aliphatic carbocycles. The lowest BCUT2D eigenvalue weighted by Crippen LogP contribution is -2.37. The molecule has 102 valence electrons. The zero-order chi connectivity index (χ0) is 13.5. The molecule has 0 aromatic carbocycles. The molecule has 0 saturated carbocycles. The molecule has 0 aliphatic rings. The van der Waals surface area contributed by atoms with E-state index < -0.39 is 0 Å². The molecule has 6 nitrogen and oxygen atoms in total. The fourth-order valence-electron chi connectivity index (χ4n) is 1.69. The first kappa shape index (κ1) is 14.7. The maximum atomic E-state index is 12.3. The van der Waals surface area contributed by atoms with Crippen LogP contribution in [-0.4, -0.2) is 61.1 Å². The number of nitrogens with zero attached hydrogens (tertiary/aromatic N) is 3. The number of amides is 1. The Morgan fingerprint density at radius 1 is 1.33 bits per heavy atom. The number of ether oxygens (including phenoxy) is 2. The monoisotopic (exact) mass is 255 g/mol. The molecule has 0 spiro atoms. The summed E-state index contributed by atoms with van der Waals surface area (Å²) in [5.41, 5.74) is 1.42. The highest BCUT2D eigenvalue weighted by Crippen LogP contribution is 2.06. The van der Waals surface area contributed by atoms with Crippen molar-refractivity contribution in [1.29, 1.82) is 0 Å². The Labute approximate surface area is 107 Å². The van der Waals surface area contributed by atoms with Gasteiger partial charge in [0.05, 0.1) is 18.9 Å². The molecule has 0 aliphatic heterocycles. The molecule has 0 radical (unpaired) electrons. The van der Waals surface area contributed by atoms with E-state index in [4.69, 9.17) is 9.47 Å². The Balaban J connectivity index is 2.77. The standard InChI is InChI=1S/C12H21N3O3/c1-10-9-11(14(2)13-10)12(16)15(5-7-17-3)6-8-18-4/h9H,5-8H2,1-4H3. The van der Waals surface area contributed by atoms with Gasteiger partial charge in [-0.15, -0.1) is 0 Å². The Hall–Kier alpha value is -1.40. The second-order valence-corrected chi connectivity index (χ2v) is 4.07. The van der Waals surface area contributed by atoms with E-state index >= 15 is 0 Å². The van der Waals surface area contributed by atoms with Crippen molar-refractivity contribution in [2.24, 2.45) is 7.05 Å². The Kier molecular flexibility index (Phi) is 5.80. The third-order valence-electron chi connectivity index (χ3n) is 2.64. The highest BCUT2D eigenvalue weighted by atomic mass is 16.5. The molecule has 1 aromatic rings. The van der Waals surface area contributed by atoms with Crippen molar-refractivity contribution < 1.29 is 14.3 Å². The first-order chi connectivity index (χ1) is 8.60. The smallest absolute Gasteiger partial charge is 0.272 e. The van der Waals surface area contributed by atoms with Crippen LogP contribution in [0, 0.1) is 6.92 Å². The molecular formula is C12H21N3O3. The van der Waals surface area contributed by atoms with Gasteiger partial charge in [-0.3, -0.25) is 9.48 Å². The Morgan fingerprint density at radius 3 is 2.28 bits per heavy atom. The largest absolute Gasteiger partial charge is 0.383 e. The van der Waals surface area contributed by atoms with E-state index in [1.165, 1.54) is 0 Å². The fourth-order valence-corrected chi connectivity index (χ4v) is 1.69. The maximum absolute atomic E-state index is 12.3. The summed E-state index contributed by atoms with van der Waals surface area (Å²) in [7, 11) is 5.01. The van der Waals surface area contributed by atoms with E-state index in [0.717, 1.165) is 5.69 Å². The van der Waals surface area contributed by atoms with Crippen molar-refractivity contribution in [3.05, 3.63) is 17.5 Å². The van der Waals surface area contributed by atoms with Crippen molar-refractivity contribution in [1.82, 2.24) is 14.7 Å². The lowest BCUT2D eigenvalue weighted by Gasteiger charge is -2.21. The summed E-state index contributed by atoms with van der Waals surface area (Å²) in [6, 6.07) is 1.79. The number of rotatable bonds is 7. The summed E-state index contributed by atoms with van der Waals surface area (Å²) in [6.07, 6.45) is 0. The maximum Gasteiger partial charge on any atom is 0.272 e. The minimum Gasteiger partial charge on any atom is -0.383 e. The van der Waals surface area contributed by atoms with E-state index in [9.17, 15) is 4.79 Å². The van der Waals surface area contributed by atoms with Crippen LogP contribution in [0.3, 0.4) is 0 Å². The molecule has 0 fully saturated rings. The Bertz CT molecular complexity index is 382. The molecule has 1 amide bonds. The van der Waals surface area contributed by atoms with Gasteiger partial charge in [0.25, 0.3) is 5.91 Å². The molecule has 1 heterocycles. The normalized spacial score (nSPS) is 10.7. The summed E-state index contributed by atoms with van der Waals surface area (Å²) in [4.78, 5) is 14.1. The van der Waals surface area contributed by atoms with Crippen LogP contribution in [-0.2, 0) is 16.5 Å². The van der Waals surface area contributed by atoms with E-state index in [1.54, 1.807) is 36.9 Å². The second-order valence-electron chi connectivity index (χ2n) is 4.07. The molecular weight excluding hydrogens is 234 g/mol. The Morgan fingerprint density at radius 2 is 1.89 bits per heavy atom. The predicted molar refractivity (Wildman–Crippen MR) is 67.6 cm³/mol. The summed E-state index contributed by atoms with van der Waals surface area (Å²) in [6.45, 7) is 3.97. The van der Waals surface area contributed by atoms with Crippen LogP contribution < -0.4 is 0 Å². The van der Waals surface area contributed by atoms with Gasteiger partial charge in [0, 0.05) is 34.4 Å². The molecule has 0 unspecified atom stereocenters. The summed E-state index contributed by atoms with van der Waals surface area (Å²) in [5, 5.41) is 4.18. The summed E-state index contributed by atoms with van der Waals surface area (Å²) < 4.78 is 11.6. The SMILES string of the molecule is COCCN(CCOC)C(=O)c1cc(C)nn1C. The van der Waals surface area contributed by atoms with Crippen LogP contribution in [0.2, 0.25) is 0 Å². The van der Waals surface area contributed by atoms with E-state index in [2.05, 4.69) is 5.10 Å². The zero-order valence-electron chi connectivity index (χ0n) is 11.5. The average molecular weight is 255 g/mol. The zero-order valence-corrected chi connectivity index (χ0v) is 11.5. The molecule has 0 N–H and O–H groups in total. The molecule has 0 bridgehead atoms. The van der Waals surface area contributed by atoms with E-state index in [-0.39, 0.29) is 5.91 Å². The highest BCUT2D eigenvalue weighted by Gasteiger charge is 2.19. The molecule has 1 aromatic heterocycles. The number of aromatic nitrogens is 2. The number of carbonyl (C=O) groups excluding carboxylic acids is 1. The summed E-state index contributed by atoms with van der Waals surface area (Å²) in [5.74, 6) is -0.0489. The minimum absolute atomic E-state index is 0.0489. The van der Waals surface area contributed by atoms with Gasteiger partial charge in [-0.25, -0.2) is 0 Å². The average Bonchev–Trinajstić information content (AvgIpc) is 2.68. The topological polar surface area (TPSA) is 56.6 Å². The van der Waals surface area contributed by atoms with Crippen molar-refractivity contribution in [2.75, 3.05) is 40.5 Å². The minimum atomic E-state index is -0.0489. The van der Waals surface area contributed by atoms with Crippen LogP contribution >= 0.6 is 0 Å². The molecule has 18 heavy (non-hydrogen) atoms. The van der Waals surface area contributed by atoms with Gasteiger partial charge in [0.15, 0.2) is 0 Å². The number of hydrogen-bond acceptors (Lipinski definition) is 4. The first-order valence-electron chi connectivity index (χ1n) is 5.88. The van der Waals surface area contributed by atoms with Crippen LogP contribution in [0.4, 0.5) is 0 Å². The van der Waals surface area contributed by atoms with Gasteiger partial charge in [0.2, 0.25) is 0 Å². The molecule has 0 saturated heterocycles. The third-order valence-corrected chi connectivity index (χ3v) is 2.64. The predicted octanol–water partition coefficient (Wildman–Crippen LogP) is 0.464. The van der Waals surface area contributed by atoms with Gasteiger partial charge < -0.3 is 14.4 Å². The number of methoxy groups -OCH3 is 2. The third kappa shape index (κ3) is 3.82. The van der Waals surface area contributed by atoms with Crippen LogP contribution in [0.25, 0.3) is 0 Å². The van der Waals surface area contributed by atoms with Crippen LogP contribution in [0.1, 0.15) is 16.2 Å². The number of aryl methyl sites for hydroxylation is 2. The van der Waals surface area contributed by atoms with Gasteiger partial charge >= 0.3 is 0 Å². The van der Waals surface area contributed by atoms with Gasteiger partial charge in [-0.2, -0.15) is 5.10 Å². The van der Waals surface area contributed by atoms with E-state index in [0.29, 0.717) is 32.0 Å². The molecule has 0 atom stereocenters. The lowest BCUT2D eigenvalue weighted by atomic mass is 10.3. The fraction of sp³-hybridized carbons (Fsp3) is 0.667. The van der Waals surface area contributed by atoms with Crippen molar-refractivity contribution in [3.63, 3.8) is 0 Å². The van der Waals surface area contributed by atoms with Crippen molar-refractivity contribution in [3.8, 4) is 0 Å². The van der Waals surface area contributed by atoms with Crippen molar-refractivity contribution in [2.45, 2.75) is 6.92 Å². The highest BCUT2D eigenvalue weighted by molar-refractivity contribution is 5.92. The van der Waals surface area contributed by atoms with Gasteiger partial charge in [-0.05, 0) is 13.0 Å². The number of hydrogen-bond donors (Lipinski definition) is 0. The quantitative estimate of drug-likeness (QED) is 0.710.